The van der Waals surface area contributed by atoms with E-state index in [4.69, 9.17) is 10.3 Å². The Kier molecular flexibility index (Phi) is 9.52. The number of phosphoric ester groups is 1. The van der Waals surface area contributed by atoms with Crippen LogP contribution in [0.3, 0.4) is 0 Å². The molecule has 0 spiro atoms. The first kappa shape index (κ1) is 32.1. The normalized spacial score (nSPS) is 13.0. The van der Waals surface area contributed by atoms with Crippen LogP contribution in [0.5, 0.6) is 0 Å². The smallest absolute Gasteiger partial charge is 0.399 e. The van der Waals surface area contributed by atoms with Crippen molar-refractivity contribution < 1.29 is 23.7 Å². The highest BCUT2D eigenvalue weighted by molar-refractivity contribution is 7.99. The molecule has 1 atom stereocenters. The molecule has 2 aromatic heterocycles. The Balaban J connectivity index is 1.52. The topological polar surface area (TPSA) is 173 Å². The summed E-state index contributed by atoms with van der Waals surface area (Å²) in [4.78, 5) is 47.8. The Hall–Kier alpha value is -4.32. The Morgan fingerprint density at radius 2 is 1.76 bits per heavy atom. The molecule has 45 heavy (non-hydrogen) atoms. The van der Waals surface area contributed by atoms with Crippen LogP contribution in [-0.4, -0.2) is 37.3 Å². The molecule has 0 radical (unpaired) electrons. The number of hydrogen-bond donors (Lipinski definition) is 5. The number of carbonyl (C=O) groups excluding carboxylic acids is 1. The minimum Gasteiger partial charge on any atom is -0.399 e. The van der Waals surface area contributed by atoms with Crippen LogP contribution in [0.4, 0.5) is 17.2 Å². The average Bonchev–Trinajstić information content (AvgIpc) is 3.02. The quantitative estimate of drug-likeness (QED) is 0.0798. The maximum atomic E-state index is 13.7. The number of rotatable bonds is 11. The third-order valence-electron chi connectivity index (χ3n) is 7.03. The lowest BCUT2D eigenvalue weighted by atomic mass is 9.92. The number of nitrogens with zero attached hydrogens (tertiary/aromatic N) is 3. The summed E-state index contributed by atoms with van der Waals surface area (Å²) in [6.07, 6.45) is 1.44. The third kappa shape index (κ3) is 8.05. The number of aromatic nitrogens is 3. The molecular weight excluding hydrogens is 611 g/mol. The van der Waals surface area contributed by atoms with Crippen LogP contribution in [0.2, 0.25) is 0 Å². The number of amides is 1. The molecule has 0 aliphatic heterocycles. The number of pyridine rings is 1. The highest BCUT2D eigenvalue weighted by atomic mass is 32.2. The molecule has 0 aliphatic carbocycles. The number of nitrogens with one attached hydrogen (secondary N) is 2. The number of benzene rings is 3. The summed E-state index contributed by atoms with van der Waals surface area (Å²) in [6, 6.07) is 25.4. The molecule has 3 aromatic carbocycles. The molecule has 5 aromatic rings. The van der Waals surface area contributed by atoms with Crippen LogP contribution in [-0.2, 0) is 14.6 Å². The van der Waals surface area contributed by atoms with Crippen molar-refractivity contribution in [2.45, 2.75) is 42.0 Å². The summed E-state index contributed by atoms with van der Waals surface area (Å²) in [6.45, 7) is 5.31. The van der Waals surface area contributed by atoms with E-state index in [9.17, 15) is 19.1 Å². The van der Waals surface area contributed by atoms with Gasteiger partial charge in [0.05, 0.1) is 23.2 Å². The van der Waals surface area contributed by atoms with E-state index in [1.165, 1.54) is 18.1 Å². The van der Waals surface area contributed by atoms with E-state index >= 15 is 0 Å². The monoisotopic (exact) mass is 644 g/mol. The summed E-state index contributed by atoms with van der Waals surface area (Å²) in [5.74, 6) is 0.273. The van der Waals surface area contributed by atoms with Crippen molar-refractivity contribution in [3.63, 3.8) is 0 Å². The van der Waals surface area contributed by atoms with Crippen molar-refractivity contribution >= 4 is 53.7 Å². The number of fused-ring (bicyclic) bond motifs is 1. The van der Waals surface area contributed by atoms with E-state index in [1.54, 1.807) is 49.4 Å². The minimum atomic E-state index is -4.81. The molecule has 5 rings (SSSR count). The summed E-state index contributed by atoms with van der Waals surface area (Å²) in [7, 11) is -4.81. The second kappa shape index (κ2) is 13.4. The molecule has 1 amide bonds. The number of nitrogens with two attached hydrogens (primary N) is 1. The van der Waals surface area contributed by atoms with Gasteiger partial charge in [0.1, 0.15) is 12.1 Å². The molecule has 1 unspecified atom stereocenters. The molecule has 6 N–H and O–H groups in total. The van der Waals surface area contributed by atoms with Crippen LogP contribution in [0.25, 0.3) is 11.0 Å². The van der Waals surface area contributed by atoms with Crippen molar-refractivity contribution in [3.8, 4) is 0 Å². The zero-order valence-electron chi connectivity index (χ0n) is 24.8. The molecule has 0 fully saturated rings. The summed E-state index contributed by atoms with van der Waals surface area (Å²) >= 11 is 1.48. The largest absolute Gasteiger partial charge is 0.469 e. The van der Waals surface area contributed by atoms with Gasteiger partial charge in [0, 0.05) is 26.7 Å². The Labute approximate surface area is 264 Å². The van der Waals surface area contributed by atoms with Gasteiger partial charge in [-0.25, -0.2) is 19.5 Å². The van der Waals surface area contributed by atoms with Gasteiger partial charge < -0.3 is 26.2 Å². The molecule has 0 aliphatic rings. The van der Waals surface area contributed by atoms with Gasteiger partial charge in [0.25, 0.3) is 5.91 Å². The van der Waals surface area contributed by atoms with E-state index < -0.39 is 25.9 Å². The Bertz CT molecular complexity index is 1870. The summed E-state index contributed by atoms with van der Waals surface area (Å²) < 4.78 is 16.4. The first-order valence-electron chi connectivity index (χ1n) is 14.0. The van der Waals surface area contributed by atoms with E-state index in [2.05, 4.69) is 39.4 Å². The second-order valence-electron chi connectivity index (χ2n) is 10.9. The highest BCUT2D eigenvalue weighted by Gasteiger charge is 2.32. The van der Waals surface area contributed by atoms with Gasteiger partial charge in [0.2, 0.25) is 0 Å². The van der Waals surface area contributed by atoms with Crippen molar-refractivity contribution in [1.29, 1.82) is 0 Å². The zero-order chi connectivity index (χ0) is 32.2. The second-order valence-corrected chi connectivity index (χ2v) is 13.3. The Morgan fingerprint density at radius 3 is 2.44 bits per heavy atom. The van der Waals surface area contributed by atoms with Gasteiger partial charge >= 0.3 is 7.82 Å². The molecule has 11 nitrogen and oxygen atoms in total. The van der Waals surface area contributed by atoms with E-state index in [1.807, 2.05) is 42.5 Å². The summed E-state index contributed by atoms with van der Waals surface area (Å²) in [5.41, 5.74) is 8.25. The van der Waals surface area contributed by atoms with Crippen molar-refractivity contribution in [2.24, 2.45) is 0 Å². The predicted molar refractivity (Wildman–Crippen MR) is 175 cm³/mol. The molecule has 2 heterocycles. The maximum absolute atomic E-state index is 13.7. The van der Waals surface area contributed by atoms with E-state index in [0.29, 0.717) is 39.4 Å². The van der Waals surface area contributed by atoms with Gasteiger partial charge in [0.15, 0.2) is 5.65 Å². The zero-order valence-corrected chi connectivity index (χ0v) is 26.5. The van der Waals surface area contributed by atoms with Crippen LogP contribution < -0.4 is 16.4 Å². The fraction of sp³-hybridized carbons (Fsp3) is 0.188. The number of hydrogen-bond acceptors (Lipinski definition) is 9. The third-order valence-corrected chi connectivity index (χ3v) is 8.58. The van der Waals surface area contributed by atoms with Crippen molar-refractivity contribution in [2.75, 3.05) is 17.7 Å². The van der Waals surface area contributed by atoms with Gasteiger partial charge in [-0.05, 0) is 73.0 Å². The Morgan fingerprint density at radius 1 is 1.02 bits per heavy atom. The molecule has 0 saturated heterocycles. The molecule has 13 heteroatoms. The van der Waals surface area contributed by atoms with Crippen LogP contribution >= 0.6 is 19.6 Å². The first-order chi connectivity index (χ1) is 21.4. The van der Waals surface area contributed by atoms with Crippen molar-refractivity contribution in [3.05, 3.63) is 108 Å². The van der Waals surface area contributed by atoms with Crippen LogP contribution in [0.15, 0.2) is 101 Å². The molecule has 232 valence electrons. The van der Waals surface area contributed by atoms with Gasteiger partial charge in [-0.15, -0.1) is 0 Å². The van der Waals surface area contributed by atoms with Crippen LogP contribution in [0.1, 0.15) is 48.3 Å². The number of carbonyl (C=O) groups is 1. The predicted octanol–water partition coefficient (Wildman–Crippen LogP) is 6.38. The van der Waals surface area contributed by atoms with Crippen molar-refractivity contribution in [1.82, 2.24) is 20.3 Å². The van der Waals surface area contributed by atoms with Gasteiger partial charge in [-0.2, -0.15) is 0 Å². The molecule has 0 bridgehead atoms. The number of anilines is 3. The lowest BCUT2D eigenvalue weighted by Crippen LogP contribution is -2.46. The summed E-state index contributed by atoms with van der Waals surface area (Å²) in [5, 5.41) is 7.02. The fourth-order valence-electron chi connectivity index (χ4n) is 4.56. The SMILES string of the molecule is CC(C)c1ccc2c(Nc3cc(C(=O)NC(C)(COP(=O)(O)O)c4ccccc4)ccc3Sc3ccc(N)cc3)ncnc2n1. The minimum absolute atomic E-state index is 0.229. The fourth-order valence-corrected chi connectivity index (χ4v) is 5.87. The number of phosphoric acid groups is 1. The van der Waals surface area contributed by atoms with E-state index in [-0.39, 0.29) is 5.92 Å². The molecule has 0 saturated carbocycles. The maximum Gasteiger partial charge on any atom is 0.469 e. The average molecular weight is 645 g/mol. The van der Waals surface area contributed by atoms with Gasteiger partial charge in [-0.3, -0.25) is 9.32 Å². The lowest BCUT2D eigenvalue weighted by Gasteiger charge is -2.31. The highest BCUT2D eigenvalue weighted by Crippen LogP contribution is 2.39. The standard InChI is InChI=1S/C32H33N6O5PS/c1-20(2)26-15-14-25-29(36-26)34-19-35-30(25)37-27-17-21(9-16-28(27)45-24-12-10-23(33)11-13-24)31(39)38-32(3,18-43-44(40,41)42)22-7-5-4-6-8-22/h4-17,19-20H,18,33H2,1-3H3,(H,38,39)(H2,40,41,42)(H,34,35,36,37). The number of nitrogen functional groups attached to an aromatic ring is 1. The van der Waals surface area contributed by atoms with E-state index in [0.717, 1.165) is 15.5 Å². The molecular formula is C32H33N6O5PS. The van der Waals surface area contributed by atoms with Crippen LogP contribution in [0, 0.1) is 0 Å². The first-order valence-corrected chi connectivity index (χ1v) is 16.4. The van der Waals surface area contributed by atoms with Gasteiger partial charge in [-0.1, -0.05) is 55.9 Å². The lowest BCUT2D eigenvalue weighted by molar-refractivity contribution is 0.0832.